The molecule has 1 aliphatic rings. The number of thiophene rings is 1. The van der Waals surface area contributed by atoms with Gasteiger partial charge in [0.1, 0.15) is 0 Å². The van der Waals surface area contributed by atoms with Crippen molar-refractivity contribution in [2.24, 2.45) is 5.92 Å². The van der Waals surface area contributed by atoms with Crippen LogP contribution in [0.2, 0.25) is 0 Å². The first-order valence-electron chi connectivity index (χ1n) is 4.22. The molecule has 2 atom stereocenters. The van der Waals surface area contributed by atoms with E-state index in [-0.39, 0.29) is 12.6 Å². The average molecular weight is 185 g/mol. The van der Waals surface area contributed by atoms with Crippen LogP contribution in [-0.2, 0) is 0 Å². The lowest BCUT2D eigenvalue weighted by Gasteiger charge is -2.12. The molecule has 2 heterocycles. The highest BCUT2D eigenvalue weighted by molar-refractivity contribution is 7.10. The van der Waals surface area contributed by atoms with Crippen molar-refractivity contribution in [2.45, 2.75) is 5.92 Å². The standard InChI is InChI=1S/C9H12FNS/c10-4-7-5-11-6-8(7)9-2-1-3-12-9/h1-3,7-8,11H,4-6H2/t7-,8-/m0/s1. The topological polar surface area (TPSA) is 12.0 Å². The molecule has 0 radical (unpaired) electrons. The van der Waals surface area contributed by atoms with E-state index < -0.39 is 0 Å². The highest BCUT2D eigenvalue weighted by Crippen LogP contribution is 2.31. The SMILES string of the molecule is FC[C@H]1CNC[C@@H]1c1cccs1. The first kappa shape index (κ1) is 8.20. The minimum atomic E-state index is -0.199. The highest BCUT2D eigenvalue weighted by Gasteiger charge is 2.28. The van der Waals surface area contributed by atoms with Gasteiger partial charge in [0.15, 0.2) is 0 Å². The smallest absolute Gasteiger partial charge is 0.0941 e. The Bertz CT molecular complexity index is 235. The summed E-state index contributed by atoms with van der Waals surface area (Å²) in [4.78, 5) is 1.32. The molecule has 0 aliphatic carbocycles. The van der Waals surface area contributed by atoms with Gasteiger partial charge < -0.3 is 5.32 Å². The van der Waals surface area contributed by atoms with Gasteiger partial charge in [-0.3, -0.25) is 4.39 Å². The first-order chi connectivity index (χ1) is 5.92. The molecule has 2 rings (SSSR count). The van der Waals surface area contributed by atoms with E-state index in [1.54, 1.807) is 11.3 Å². The van der Waals surface area contributed by atoms with Crippen LogP contribution in [0.15, 0.2) is 17.5 Å². The molecule has 0 aromatic carbocycles. The lowest BCUT2D eigenvalue weighted by Crippen LogP contribution is -2.11. The molecule has 0 saturated carbocycles. The Morgan fingerprint density at radius 1 is 1.58 bits per heavy atom. The van der Waals surface area contributed by atoms with E-state index in [2.05, 4.69) is 16.8 Å². The monoisotopic (exact) mass is 185 g/mol. The summed E-state index contributed by atoms with van der Waals surface area (Å²) < 4.78 is 12.5. The largest absolute Gasteiger partial charge is 0.316 e. The highest BCUT2D eigenvalue weighted by atomic mass is 32.1. The van der Waals surface area contributed by atoms with Crippen molar-refractivity contribution in [1.29, 1.82) is 0 Å². The first-order valence-corrected chi connectivity index (χ1v) is 5.10. The summed E-state index contributed by atoms with van der Waals surface area (Å²) in [5.74, 6) is 0.610. The number of rotatable bonds is 2. The zero-order chi connectivity index (χ0) is 8.39. The second-order valence-electron chi connectivity index (χ2n) is 3.19. The van der Waals surface area contributed by atoms with Gasteiger partial charge >= 0.3 is 0 Å². The Morgan fingerprint density at radius 3 is 3.17 bits per heavy atom. The molecular weight excluding hydrogens is 173 g/mol. The van der Waals surface area contributed by atoms with Gasteiger partial charge in [0.2, 0.25) is 0 Å². The molecule has 3 heteroatoms. The summed E-state index contributed by atoms with van der Waals surface area (Å²) in [6, 6.07) is 4.14. The van der Waals surface area contributed by atoms with Crippen LogP contribution in [0.1, 0.15) is 10.8 Å². The molecule has 1 aromatic rings. The van der Waals surface area contributed by atoms with Crippen molar-refractivity contribution in [3.05, 3.63) is 22.4 Å². The third-order valence-corrected chi connectivity index (χ3v) is 3.45. The van der Waals surface area contributed by atoms with Crippen LogP contribution < -0.4 is 5.32 Å². The molecule has 12 heavy (non-hydrogen) atoms. The van der Waals surface area contributed by atoms with Gasteiger partial charge in [-0.1, -0.05) is 6.07 Å². The zero-order valence-corrected chi connectivity index (χ0v) is 7.61. The number of alkyl halides is 1. The Kier molecular flexibility index (Phi) is 2.42. The van der Waals surface area contributed by atoms with E-state index in [0.717, 1.165) is 13.1 Å². The Morgan fingerprint density at radius 2 is 2.50 bits per heavy atom. The van der Waals surface area contributed by atoms with Crippen molar-refractivity contribution in [3.63, 3.8) is 0 Å². The molecule has 1 saturated heterocycles. The fourth-order valence-corrected chi connectivity index (χ4v) is 2.65. The third-order valence-electron chi connectivity index (χ3n) is 2.45. The van der Waals surface area contributed by atoms with Gasteiger partial charge in [-0.2, -0.15) is 0 Å². The maximum atomic E-state index is 12.5. The number of nitrogens with one attached hydrogen (secondary N) is 1. The van der Waals surface area contributed by atoms with Crippen molar-refractivity contribution < 1.29 is 4.39 Å². The second-order valence-corrected chi connectivity index (χ2v) is 4.17. The van der Waals surface area contributed by atoms with E-state index >= 15 is 0 Å². The fourth-order valence-electron chi connectivity index (χ4n) is 1.73. The Labute approximate surface area is 75.6 Å². The molecular formula is C9H12FNS. The van der Waals surface area contributed by atoms with Crippen LogP contribution in [-0.4, -0.2) is 19.8 Å². The summed E-state index contributed by atoms with van der Waals surface area (Å²) in [5.41, 5.74) is 0. The molecule has 0 spiro atoms. The van der Waals surface area contributed by atoms with Crippen LogP contribution in [0.25, 0.3) is 0 Å². The lowest BCUT2D eigenvalue weighted by molar-refractivity contribution is 0.360. The molecule has 1 aromatic heterocycles. The van der Waals surface area contributed by atoms with Crippen LogP contribution >= 0.6 is 11.3 Å². The summed E-state index contributed by atoms with van der Waals surface area (Å²) in [7, 11) is 0. The summed E-state index contributed by atoms with van der Waals surface area (Å²) in [6.07, 6.45) is 0. The quantitative estimate of drug-likeness (QED) is 0.743. The van der Waals surface area contributed by atoms with E-state index in [4.69, 9.17) is 0 Å². The molecule has 0 amide bonds. The summed E-state index contributed by atoms with van der Waals surface area (Å²) in [6.45, 7) is 1.57. The number of hydrogen-bond acceptors (Lipinski definition) is 2. The second kappa shape index (κ2) is 3.54. The number of hydrogen-bond donors (Lipinski definition) is 1. The van der Waals surface area contributed by atoms with Crippen LogP contribution in [0.4, 0.5) is 4.39 Å². The van der Waals surface area contributed by atoms with Gasteiger partial charge in [-0.05, 0) is 11.4 Å². The lowest BCUT2D eigenvalue weighted by atomic mass is 9.96. The van der Waals surface area contributed by atoms with Gasteiger partial charge in [-0.25, -0.2) is 0 Å². The molecule has 1 nitrogen and oxygen atoms in total. The zero-order valence-electron chi connectivity index (χ0n) is 6.79. The van der Waals surface area contributed by atoms with Gasteiger partial charge in [0, 0.05) is 29.8 Å². The molecule has 0 bridgehead atoms. The van der Waals surface area contributed by atoms with Crippen molar-refractivity contribution >= 4 is 11.3 Å². The minimum absolute atomic E-state index is 0.198. The predicted octanol–water partition coefficient (Wildman–Crippen LogP) is 2.02. The normalized spacial score (nSPS) is 29.4. The molecule has 0 unspecified atom stereocenters. The minimum Gasteiger partial charge on any atom is -0.316 e. The van der Waals surface area contributed by atoms with E-state index in [0.29, 0.717) is 5.92 Å². The Hall–Kier alpha value is -0.410. The molecule has 66 valence electrons. The summed E-state index contributed by atoms with van der Waals surface area (Å²) >= 11 is 1.73. The summed E-state index contributed by atoms with van der Waals surface area (Å²) in [5, 5.41) is 5.29. The maximum Gasteiger partial charge on any atom is 0.0941 e. The Balaban J connectivity index is 2.13. The fraction of sp³-hybridized carbons (Fsp3) is 0.556. The van der Waals surface area contributed by atoms with Crippen molar-refractivity contribution in [1.82, 2.24) is 5.32 Å². The van der Waals surface area contributed by atoms with Crippen LogP contribution in [0, 0.1) is 5.92 Å². The molecule has 1 aliphatic heterocycles. The van der Waals surface area contributed by atoms with E-state index in [1.807, 2.05) is 6.07 Å². The molecule has 1 N–H and O–H groups in total. The van der Waals surface area contributed by atoms with Crippen LogP contribution in [0.5, 0.6) is 0 Å². The van der Waals surface area contributed by atoms with Gasteiger partial charge in [0.25, 0.3) is 0 Å². The van der Waals surface area contributed by atoms with Gasteiger partial charge in [-0.15, -0.1) is 11.3 Å². The average Bonchev–Trinajstić information content (AvgIpc) is 2.74. The van der Waals surface area contributed by atoms with E-state index in [1.165, 1.54) is 4.88 Å². The molecule has 1 fully saturated rings. The van der Waals surface area contributed by atoms with E-state index in [9.17, 15) is 4.39 Å². The predicted molar refractivity (Wildman–Crippen MR) is 49.4 cm³/mol. The van der Waals surface area contributed by atoms with Crippen molar-refractivity contribution in [2.75, 3.05) is 19.8 Å². The van der Waals surface area contributed by atoms with Crippen molar-refractivity contribution in [3.8, 4) is 0 Å². The third kappa shape index (κ3) is 1.39. The van der Waals surface area contributed by atoms with Gasteiger partial charge in [0.05, 0.1) is 6.67 Å². The maximum absolute atomic E-state index is 12.5. The van der Waals surface area contributed by atoms with Crippen LogP contribution in [0.3, 0.4) is 0 Å². The number of halogens is 1.